The Morgan fingerprint density at radius 1 is 1.04 bits per heavy atom. The van der Waals surface area contributed by atoms with Crippen LogP contribution in [0.5, 0.6) is 0 Å². The summed E-state index contributed by atoms with van der Waals surface area (Å²) in [6.45, 7) is 2.28. The minimum Gasteiger partial charge on any atom is -0.466 e. The van der Waals surface area contributed by atoms with Gasteiger partial charge < -0.3 is 15.4 Å². The number of nitriles is 1. The zero-order valence-electron chi connectivity index (χ0n) is 13.9. The van der Waals surface area contributed by atoms with Gasteiger partial charge in [-0.05, 0) is 42.3 Å². The minimum atomic E-state index is -0.379. The number of anilines is 1. The molecule has 25 heavy (non-hydrogen) atoms. The van der Waals surface area contributed by atoms with Gasteiger partial charge in [-0.25, -0.2) is 4.79 Å². The quantitative estimate of drug-likeness (QED) is 0.791. The van der Waals surface area contributed by atoms with Crippen molar-refractivity contribution in [1.29, 1.82) is 5.26 Å². The third kappa shape index (κ3) is 5.66. The molecule has 6 heteroatoms. The second kappa shape index (κ2) is 9.08. The molecule has 0 heterocycles. The molecule has 0 aromatic heterocycles. The number of rotatable bonds is 6. The molecule has 0 atom stereocenters. The summed E-state index contributed by atoms with van der Waals surface area (Å²) in [4.78, 5) is 23.0. The summed E-state index contributed by atoms with van der Waals surface area (Å²) in [6.07, 6.45) is 0.138. The number of carbonyl (C=O) groups is 2. The molecule has 0 radical (unpaired) electrons. The Kier molecular flexibility index (Phi) is 6.55. The average molecular weight is 337 g/mol. The van der Waals surface area contributed by atoms with Gasteiger partial charge in [-0.2, -0.15) is 5.26 Å². The lowest BCUT2D eigenvalue weighted by molar-refractivity contribution is -0.142. The van der Waals surface area contributed by atoms with Crippen molar-refractivity contribution in [2.75, 3.05) is 18.5 Å². The molecule has 2 amide bonds. The zero-order valence-corrected chi connectivity index (χ0v) is 13.9. The van der Waals surface area contributed by atoms with Gasteiger partial charge in [0.1, 0.15) is 0 Å². The van der Waals surface area contributed by atoms with Gasteiger partial charge in [0.05, 0.1) is 24.7 Å². The second-order valence-electron chi connectivity index (χ2n) is 5.20. The van der Waals surface area contributed by atoms with E-state index in [4.69, 9.17) is 10.00 Å². The van der Waals surface area contributed by atoms with E-state index in [0.717, 1.165) is 11.1 Å². The number of hydrogen-bond donors (Lipinski definition) is 2. The van der Waals surface area contributed by atoms with Crippen LogP contribution in [-0.2, 0) is 9.53 Å². The van der Waals surface area contributed by atoms with Crippen molar-refractivity contribution in [2.45, 2.75) is 13.3 Å². The topological polar surface area (TPSA) is 91.2 Å². The van der Waals surface area contributed by atoms with Gasteiger partial charge in [0.15, 0.2) is 0 Å². The SMILES string of the molecule is CCOC(=O)CCNC(=O)Nc1ccc(-c2ccc(C#N)cc2)cc1. The molecule has 0 aliphatic rings. The summed E-state index contributed by atoms with van der Waals surface area (Å²) in [5, 5.41) is 14.1. The Morgan fingerprint density at radius 3 is 2.20 bits per heavy atom. The summed E-state index contributed by atoms with van der Waals surface area (Å²) in [6, 6.07) is 16.3. The highest BCUT2D eigenvalue weighted by molar-refractivity contribution is 5.89. The third-order valence-corrected chi connectivity index (χ3v) is 3.41. The van der Waals surface area contributed by atoms with Gasteiger partial charge in [0.25, 0.3) is 0 Å². The molecular weight excluding hydrogens is 318 g/mol. The number of nitrogens with one attached hydrogen (secondary N) is 2. The first-order valence-corrected chi connectivity index (χ1v) is 7.93. The maximum atomic E-state index is 11.8. The van der Waals surface area contributed by atoms with E-state index in [-0.39, 0.29) is 25.0 Å². The smallest absolute Gasteiger partial charge is 0.319 e. The number of ether oxygens (including phenoxy) is 1. The first kappa shape index (κ1) is 18.0. The normalized spacial score (nSPS) is 9.76. The molecule has 0 aliphatic heterocycles. The summed E-state index contributed by atoms with van der Waals surface area (Å²) in [5.74, 6) is -0.338. The lowest BCUT2D eigenvalue weighted by Crippen LogP contribution is -2.30. The van der Waals surface area contributed by atoms with E-state index in [1.54, 1.807) is 31.2 Å². The van der Waals surface area contributed by atoms with Crippen molar-refractivity contribution in [3.63, 3.8) is 0 Å². The second-order valence-corrected chi connectivity index (χ2v) is 5.20. The number of esters is 1. The Morgan fingerprint density at radius 2 is 1.64 bits per heavy atom. The summed E-state index contributed by atoms with van der Waals surface area (Å²) in [5.41, 5.74) is 3.23. The van der Waals surface area contributed by atoms with E-state index in [9.17, 15) is 9.59 Å². The molecule has 0 unspecified atom stereocenters. The van der Waals surface area contributed by atoms with Crippen LogP contribution in [0, 0.1) is 11.3 Å². The fourth-order valence-corrected chi connectivity index (χ4v) is 2.17. The van der Waals surface area contributed by atoms with Gasteiger partial charge in [0, 0.05) is 12.2 Å². The van der Waals surface area contributed by atoms with Crippen molar-refractivity contribution in [2.24, 2.45) is 0 Å². The van der Waals surface area contributed by atoms with Crippen LogP contribution in [0.25, 0.3) is 11.1 Å². The van der Waals surface area contributed by atoms with Crippen LogP contribution in [0.4, 0.5) is 10.5 Å². The highest BCUT2D eigenvalue weighted by Gasteiger charge is 2.05. The van der Waals surface area contributed by atoms with E-state index in [1.165, 1.54) is 0 Å². The monoisotopic (exact) mass is 337 g/mol. The number of carbonyl (C=O) groups excluding carboxylic acids is 2. The van der Waals surface area contributed by atoms with Crippen molar-refractivity contribution in [3.05, 3.63) is 54.1 Å². The van der Waals surface area contributed by atoms with Crippen molar-refractivity contribution in [3.8, 4) is 17.2 Å². The predicted molar refractivity (Wildman–Crippen MR) is 94.9 cm³/mol. The molecule has 0 spiro atoms. The van der Waals surface area contributed by atoms with Crippen molar-refractivity contribution >= 4 is 17.7 Å². The minimum absolute atomic E-state index is 0.138. The van der Waals surface area contributed by atoms with Crippen LogP contribution in [0.1, 0.15) is 18.9 Å². The maximum absolute atomic E-state index is 11.8. The summed E-state index contributed by atoms with van der Waals surface area (Å²) in [7, 11) is 0. The van der Waals surface area contributed by atoms with Gasteiger partial charge in [-0.3, -0.25) is 4.79 Å². The molecule has 0 aliphatic carbocycles. The van der Waals surface area contributed by atoms with Gasteiger partial charge in [0.2, 0.25) is 0 Å². The largest absolute Gasteiger partial charge is 0.466 e. The summed E-state index contributed by atoms with van der Waals surface area (Å²) < 4.78 is 4.78. The van der Waals surface area contributed by atoms with E-state index in [0.29, 0.717) is 17.9 Å². The van der Waals surface area contributed by atoms with Crippen molar-refractivity contribution < 1.29 is 14.3 Å². The maximum Gasteiger partial charge on any atom is 0.319 e. The van der Waals surface area contributed by atoms with E-state index in [2.05, 4.69) is 16.7 Å². The van der Waals surface area contributed by atoms with Crippen LogP contribution in [0.15, 0.2) is 48.5 Å². The number of benzene rings is 2. The molecule has 128 valence electrons. The molecule has 6 nitrogen and oxygen atoms in total. The third-order valence-electron chi connectivity index (χ3n) is 3.41. The van der Waals surface area contributed by atoms with E-state index >= 15 is 0 Å². The van der Waals surface area contributed by atoms with Crippen molar-refractivity contribution in [1.82, 2.24) is 5.32 Å². The number of amides is 2. The Hall–Kier alpha value is -3.33. The molecule has 2 aromatic carbocycles. The lowest BCUT2D eigenvalue weighted by Gasteiger charge is -2.08. The molecule has 0 bridgehead atoms. The van der Waals surface area contributed by atoms with Crippen LogP contribution in [-0.4, -0.2) is 25.2 Å². The average Bonchev–Trinajstić information content (AvgIpc) is 2.63. The Labute approximate surface area is 146 Å². The van der Waals surface area contributed by atoms with Crippen LogP contribution >= 0.6 is 0 Å². The van der Waals surface area contributed by atoms with Crippen LogP contribution < -0.4 is 10.6 Å². The highest BCUT2D eigenvalue weighted by atomic mass is 16.5. The lowest BCUT2D eigenvalue weighted by atomic mass is 10.0. The fourth-order valence-electron chi connectivity index (χ4n) is 2.17. The number of hydrogen-bond acceptors (Lipinski definition) is 4. The molecule has 2 aromatic rings. The molecule has 2 N–H and O–H groups in total. The Balaban J connectivity index is 1.86. The first-order chi connectivity index (χ1) is 12.1. The highest BCUT2D eigenvalue weighted by Crippen LogP contribution is 2.21. The predicted octanol–water partition coefficient (Wildman–Crippen LogP) is 3.30. The molecular formula is C19H19N3O3. The van der Waals surface area contributed by atoms with Gasteiger partial charge in [-0.1, -0.05) is 24.3 Å². The molecule has 0 saturated carbocycles. The molecule has 2 rings (SSSR count). The number of nitrogens with zero attached hydrogens (tertiary/aromatic N) is 1. The van der Waals surface area contributed by atoms with E-state index < -0.39 is 0 Å². The van der Waals surface area contributed by atoms with Crippen LogP contribution in [0.3, 0.4) is 0 Å². The first-order valence-electron chi connectivity index (χ1n) is 7.93. The van der Waals surface area contributed by atoms with Gasteiger partial charge >= 0.3 is 12.0 Å². The molecule has 0 fully saturated rings. The Bertz CT molecular complexity index is 762. The van der Waals surface area contributed by atoms with E-state index in [1.807, 2.05) is 24.3 Å². The number of urea groups is 1. The summed E-state index contributed by atoms with van der Waals surface area (Å²) >= 11 is 0. The van der Waals surface area contributed by atoms with Gasteiger partial charge in [-0.15, -0.1) is 0 Å². The zero-order chi connectivity index (χ0) is 18.1. The standard InChI is InChI=1S/C19H19N3O3/c1-2-25-18(23)11-12-21-19(24)22-17-9-7-16(8-10-17)15-5-3-14(13-20)4-6-15/h3-10H,2,11-12H2,1H3,(H2,21,22,24). The van der Waals surface area contributed by atoms with Crippen LogP contribution in [0.2, 0.25) is 0 Å². The fraction of sp³-hybridized carbons (Fsp3) is 0.211. The molecule has 0 saturated heterocycles.